The largest absolute Gasteiger partial charge is 0.417 e. The Morgan fingerprint density at radius 2 is 1.88 bits per heavy atom. The molecule has 1 aromatic rings. The van der Waals surface area contributed by atoms with E-state index in [1.54, 1.807) is 7.05 Å². The molecule has 2 amide bonds. The van der Waals surface area contributed by atoms with Gasteiger partial charge in [0.1, 0.15) is 0 Å². The van der Waals surface area contributed by atoms with Crippen LogP contribution in [0.4, 0.5) is 18.9 Å². The van der Waals surface area contributed by atoms with Crippen LogP contribution in [0, 0.1) is 0 Å². The SMILES string of the molecule is CN(CC(=O)Nc1ccc(Cl)c(C(F)(F)F)c1)CC(=O)NC1CC1. The second-order valence-corrected chi connectivity index (χ2v) is 6.16. The normalized spacial score (nSPS) is 14.6. The molecule has 0 heterocycles. The van der Waals surface area contributed by atoms with Crippen LogP contribution in [-0.2, 0) is 15.8 Å². The molecule has 2 N–H and O–H groups in total. The molecule has 0 radical (unpaired) electrons. The molecule has 1 saturated carbocycles. The third-order valence-electron chi connectivity index (χ3n) is 3.33. The average molecular weight is 364 g/mol. The van der Waals surface area contributed by atoms with Gasteiger partial charge in [0.2, 0.25) is 11.8 Å². The lowest BCUT2D eigenvalue weighted by Gasteiger charge is -2.16. The number of nitrogens with zero attached hydrogens (tertiary/aromatic N) is 1. The third kappa shape index (κ3) is 5.68. The second kappa shape index (κ2) is 7.40. The Balaban J connectivity index is 1.88. The predicted molar refractivity (Wildman–Crippen MR) is 83.7 cm³/mol. The molecule has 24 heavy (non-hydrogen) atoms. The van der Waals surface area contributed by atoms with Gasteiger partial charge in [0.05, 0.1) is 23.7 Å². The topological polar surface area (TPSA) is 61.4 Å². The predicted octanol–water partition coefficient (Wildman–Crippen LogP) is 2.51. The van der Waals surface area contributed by atoms with E-state index in [1.807, 2.05) is 0 Å². The summed E-state index contributed by atoms with van der Waals surface area (Å²) in [5, 5.41) is 4.72. The van der Waals surface area contributed by atoms with Crippen LogP contribution in [0.1, 0.15) is 18.4 Å². The van der Waals surface area contributed by atoms with E-state index < -0.39 is 22.7 Å². The maximum Gasteiger partial charge on any atom is 0.417 e. The Morgan fingerprint density at radius 3 is 2.46 bits per heavy atom. The van der Waals surface area contributed by atoms with Crippen molar-refractivity contribution in [2.24, 2.45) is 0 Å². The van der Waals surface area contributed by atoms with Crippen molar-refractivity contribution in [3.05, 3.63) is 28.8 Å². The van der Waals surface area contributed by atoms with Crippen LogP contribution < -0.4 is 10.6 Å². The first-order valence-electron chi connectivity index (χ1n) is 7.29. The van der Waals surface area contributed by atoms with Gasteiger partial charge in [-0.1, -0.05) is 11.6 Å². The first-order chi connectivity index (χ1) is 11.1. The van der Waals surface area contributed by atoms with E-state index >= 15 is 0 Å². The van der Waals surface area contributed by atoms with Crippen molar-refractivity contribution in [1.82, 2.24) is 10.2 Å². The molecule has 5 nitrogen and oxygen atoms in total. The maximum atomic E-state index is 12.8. The van der Waals surface area contributed by atoms with Crippen LogP contribution >= 0.6 is 11.6 Å². The fraction of sp³-hybridized carbons (Fsp3) is 0.467. The number of carbonyl (C=O) groups excluding carboxylic acids is 2. The molecule has 1 aromatic carbocycles. The average Bonchev–Trinajstić information content (AvgIpc) is 3.22. The highest BCUT2D eigenvalue weighted by atomic mass is 35.5. The van der Waals surface area contributed by atoms with Crippen molar-refractivity contribution in [1.29, 1.82) is 0 Å². The van der Waals surface area contributed by atoms with Gasteiger partial charge in [0.15, 0.2) is 0 Å². The molecule has 0 unspecified atom stereocenters. The Morgan fingerprint density at radius 1 is 1.25 bits per heavy atom. The monoisotopic (exact) mass is 363 g/mol. The Bertz CT molecular complexity index is 633. The number of benzene rings is 1. The van der Waals surface area contributed by atoms with Gasteiger partial charge < -0.3 is 10.6 Å². The smallest absolute Gasteiger partial charge is 0.352 e. The van der Waals surface area contributed by atoms with Gasteiger partial charge in [-0.25, -0.2) is 0 Å². The molecule has 1 aliphatic rings. The molecule has 1 aliphatic carbocycles. The van der Waals surface area contributed by atoms with Crippen molar-refractivity contribution in [2.45, 2.75) is 25.1 Å². The fourth-order valence-corrected chi connectivity index (χ4v) is 2.29. The summed E-state index contributed by atoms with van der Waals surface area (Å²) in [7, 11) is 1.58. The van der Waals surface area contributed by atoms with E-state index in [2.05, 4.69) is 10.6 Å². The van der Waals surface area contributed by atoms with Gasteiger partial charge in [-0.15, -0.1) is 0 Å². The first kappa shape index (κ1) is 18.5. The summed E-state index contributed by atoms with van der Waals surface area (Å²) in [4.78, 5) is 25.0. The number of hydrogen-bond donors (Lipinski definition) is 2. The van der Waals surface area contributed by atoms with Crippen LogP contribution in [0.5, 0.6) is 0 Å². The van der Waals surface area contributed by atoms with Crippen molar-refractivity contribution >= 4 is 29.1 Å². The van der Waals surface area contributed by atoms with E-state index in [-0.39, 0.29) is 30.7 Å². The number of carbonyl (C=O) groups is 2. The molecule has 2 rings (SSSR count). The third-order valence-corrected chi connectivity index (χ3v) is 3.65. The fourth-order valence-electron chi connectivity index (χ4n) is 2.07. The number of alkyl halides is 3. The van der Waals surface area contributed by atoms with Crippen molar-refractivity contribution in [3.8, 4) is 0 Å². The summed E-state index contributed by atoms with van der Waals surface area (Å²) in [6.07, 6.45) is -2.67. The molecular formula is C15H17ClF3N3O2. The maximum absolute atomic E-state index is 12.8. The highest BCUT2D eigenvalue weighted by Crippen LogP contribution is 2.36. The summed E-state index contributed by atoms with van der Waals surface area (Å²) in [5.41, 5.74) is -1.02. The van der Waals surface area contributed by atoms with Gasteiger partial charge in [0, 0.05) is 11.7 Å². The van der Waals surface area contributed by atoms with E-state index in [1.165, 1.54) is 11.0 Å². The zero-order chi connectivity index (χ0) is 17.9. The van der Waals surface area contributed by atoms with Crippen LogP contribution in [0.3, 0.4) is 0 Å². The Labute approximate surface area is 142 Å². The van der Waals surface area contributed by atoms with Crippen molar-refractivity contribution < 1.29 is 22.8 Å². The molecule has 132 valence electrons. The van der Waals surface area contributed by atoms with Crippen molar-refractivity contribution in [2.75, 3.05) is 25.5 Å². The number of amides is 2. The van der Waals surface area contributed by atoms with E-state index in [9.17, 15) is 22.8 Å². The van der Waals surface area contributed by atoms with E-state index in [4.69, 9.17) is 11.6 Å². The lowest BCUT2D eigenvalue weighted by Crippen LogP contribution is -2.39. The molecule has 0 atom stereocenters. The molecule has 0 aromatic heterocycles. The van der Waals surface area contributed by atoms with Gasteiger partial charge in [-0.3, -0.25) is 14.5 Å². The number of rotatable bonds is 6. The molecule has 0 bridgehead atoms. The lowest BCUT2D eigenvalue weighted by atomic mass is 10.2. The summed E-state index contributed by atoms with van der Waals surface area (Å²) in [6.45, 7) is -0.0829. The number of nitrogens with one attached hydrogen (secondary N) is 2. The van der Waals surface area contributed by atoms with Crippen LogP contribution in [0.25, 0.3) is 0 Å². The van der Waals surface area contributed by atoms with E-state index in [0.29, 0.717) is 0 Å². The molecule has 9 heteroatoms. The van der Waals surface area contributed by atoms with Crippen LogP contribution in [-0.4, -0.2) is 42.9 Å². The van der Waals surface area contributed by atoms with Gasteiger partial charge >= 0.3 is 6.18 Å². The zero-order valence-corrected chi connectivity index (χ0v) is 13.7. The molecule has 0 aliphatic heterocycles. The number of halogens is 4. The quantitative estimate of drug-likeness (QED) is 0.816. The summed E-state index contributed by atoms with van der Waals surface area (Å²) in [5.74, 6) is -0.703. The first-order valence-corrected chi connectivity index (χ1v) is 7.67. The summed E-state index contributed by atoms with van der Waals surface area (Å²) in [6, 6.07) is 3.37. The highest BCUT2D eigenvalue weighted by molar-refractivity contribution is 6.31. The summed E-state index contributed by atoms with van der Waals surface area (Å²) < 4.78 is 38.3. The summed E-state index contributed by atoms with van der Waals surface area (Å²) >= 11 is 5.52. The van der Waals surface area contributed by atoms with E-state index in [0.717, 1.165) is 25.0 Å². The minimum Gasteiger partial charge on any atom is -0.352 e. The molecular weight excluding hydrogens is 347 g/mol. The molecule has 0 saturated heterocycles. The van der Waals surface area contributed by atoms with Crippen LogP contribution in [0.15, 0.2) is 18.2 Å². The lowest BCUT2D eigenvalue weighted by molar-refractivity contribution is -0.137. The van der Waals surface area contributed by atoms with Crippen LogP contribution in [0.2, 0.25) is 5.02 Å². The Kier molecular flexibility index (Phi) is 5.71. The standard InChI is InChI=1S/C15H17ClF3N3O2/c1-22(7-13(23)20-9-2-3-9)8-14(24)21-10-4-5-12(16)11(6-10)15(17,18)19/h4-6,9H,2-3,7-8H2,1H3,(H,20,23)(H,21,24). The number of hydrogen-bond acceptors (Lipinski definition) is 3. The Hall–Kier alpha value is -1.80. The number of likely N-dealkylation sites (N-methyl/N-ethyl adjacent to an activating group) is 1. The second-order valence-electron chi connectivity index (χ2n) is 5.75. The zero-order valence-electron chi connectivity index (χ0n) is 12.9. The minimum absolute atomic E-state index is 0.00689. The highest BCUT2D eigenvalue weighted by Gasteiger charge is 2.33. The van der Waals surface area contributed by atoms with Gasteiger partial charge in [-0.2, -0.15) is 13.2 Å². The molecule has 0 spiro atoms. The van der Waals surface area contributed by atoms with Gasteiger partial charge in [-0.05, 0) is 38.1 Å². The van der Waals surface area contributed by atoms with Gasteiger partial charge in [0.25, 0.3) is 0 Å². The minimum atomic E-state index is -4.60. The number of anilines is 1. The molecule has 1 fully saturated rings. The van der Waals surface area contributed by atoms with Crippen molar-refractivity contribution in [3.63, 3.8) is 0 Å².